The first-order valence-corrected chi connectivity index (χ1v) is 15.1. The molecular weight excluding hydrogens is 502 g/mol. The van der Waals surface area contributed by atoms with Crippen LogP contribution in [0.4, 0.5) is 16.3 Å². The molecule has 0 spiro atoms. The van der Waals surface area contributed by atoms with Gasteiger partial charge >= 0.3 is 6.03 Å². The van der Waals surface area contributed by atoms with Crippen LogP contribution in [0.1, 0.15) is 57.6 Å². The highest BCUT2D eigenvalue weighted by atomic mass is 16.5. The standard InChI is InChI=1S/C32H47N5O3/c1-32(2,3)26-6-4-24(5-7-26)22-29(25-10-14-33-15-11-25)37(31(38)35-27-12-18-39-19-13-27)28-8-9-30(34-23-28)36-16-20-40-21-17-36/h4-9,23,25,27,29,33H,10-22H2,1-3H3,(H,35,38). The quantitative estimate of drug-likeness (QED) is 0.529. The average molecular weight is 550 g/mol. The van der Waals surface area contributed by atoms with E-state index in [1.807, 2.05) is 11.1 Å². The number of ether oxygens (including phenoxy) is 2. The van der Waals surface area contributed by atoms with Crippen molar-refractivity contribution < 1.29 is 14.3 Å². The molecule has 0 aliphatic carbocycles. The van der Waals surface area contributed by atoms with E-state index < -0.39 is 0 Å². The Labute approximate surface area is 239 Å². The van der Waals surface area contributed by atoms with Crippen molar-refractivity contribution in [3.05, 3.63) is 53.7 Å². The minimum absolute atomic E-state index is 0.0253. The number of amides is 2. The Kier molecular flexibility index (Phi) is 9.60. The highest BCUT2D eigenvalue weighted by Gasteiger charge is 2.34. The minimum atomic E-state index is -0.0253. The average Bonchev–Trinajstić information content (AvgIpc) is 2.98. The topological polar surface area (TPSA) is 79.0 Å². The lowest BCUT2D eigenvalue weighted by atomic mass is 9.83. The van der Waals surface area contributed by atoms with E-state index in [-0.39, 0.29) is 23.5 Å². The van der Waals surface area contributed by atoms with Gasteiger partial charge in [-0.1, -0.05) is 45.0 Å². The third-order valence-electron chi connectivity index (χ3n) is 8.64. The molecule has 1 atom stereocenters. The van der Waals surface area contributed by atoms with E-state index in [1.54, 1.807) is 0 Å². The molecule has 4 heterocycles. The number of nitrogens with zero attached hydrogens (tertiary/aromatic N) is 3. The van der Waals surface area contributed by atoms with Gasteiger partial charge < -0.3 is 25.0 Å². The van der Waals surface area contributed by atoms with Crippen LogP contribution in [0, 0.1) is 5.92 Å². The van der Waals surface area contributed by atoms with Crippen LogP contribution in [0.5, 0.6) is 0 Å². The SMILES string of the molecule is CC(C)(C)c1ccc(CC(C2CCNCC2)N(C(=O)NC2CCOCC2)c2ccc(N3CCOCC3)nc2)cc1. The number of rotatable bonds is 7. The summed E-state index contributed by atoms with van der Waals surface area (Å²) in [5.74, 6) is 1.33. The van der Waals surface area contributed by atoms with Crippen molar-refractivity contribution in [2.24, 2.45) is 5.92 Å². The molecule has 0 bridgehead atoms. The minimum Gasteiger partial charge on any atom is -0.381 e. The van der Waals surface area contributed by atoms with Gasteiger partial charge in [-0.15, -0.1) is 0 Å². The Bertz CT molecular complexity index is 1070. The number of hydrogen-bond acceptors (Lipinski definition) is 6. The van der Waals surface area contributed by atoms with E-state index in [0.717, 1.165) is 83.0 Å². The van der Waals surface area contributed by atoms with E-state index in [0.29, 0.717) is 19.1 Å². The van der Waals surface area contributed by atoms with Gasteiger partial charge in [-0.25, -0.2) is 9.78 Å². The van der Waals surface area contributed by atoms with Crippen LogP contribution >= 0.6 is 0 Å². The van der Waals surface area contributed by atoms with Gasteiger partial charge in [0, 0.05) is 38.4 Å². The van der Waals surface area contributed by atoms with Crippen LogP contribution in [-0.4, -0.2) is 75.7 Å². The predicted octanol–water partition coefficient (Wildman–Crippen LogP) is 4.52. The zero-order valence-electron chi connectivity index (χ0n) is 24.5. The molecule has 3 fully saturated rings. The van der Waals surface area contributed by atoms with E-state index in [9.17, 15) is 4.79 Å². The third-order valence-corrected chi connectivity index (χ3v) is 8.64. The Hall–Kier alpha value is -2.68. The summed E-state index contributed by atoms with van der Waals surface area (Å²) in [6.07, 6.45) is 6.49. The van der Waals surface area contributed by atoms with Crippen LogP contribution in [0.25, 0.3) is 0 Å². The van der Waals surface area contributed by atoms with Gasteiger partial charge in [0.05, 0.1) is 25.1 Å². The van der Waals surface area contributed by atoms with Crippen molar-refractivity contribution in [3.63, 3.8) is 0 Å². The molecular formula is C32H47N5O3. The lowest BCUT2D eigenvalue weighted by Crippen LogP contribution is -2.54. The van der Waals surface area contributed by atoms with E-state index in [2.05, 4.69) is 72.7 Å². The van der Waals surface area contributed by atoms with Crippen molar-refractivity contribution in [1.29, 1.82) is 0 Å². The highest BCUT2D eigenvalue weighted by Crippen LogP contribution is 2.31. The number of urea groups is 1. The number of piperidine rings is 1. The molecule has 218 valence electrons. The maximum Gasteiger partial charge on any atom is 0.322 e. The van der Waals surface area contributed by atoms with Gasteiger partial charge in [-0.3, -0.25) is 4.90 Å². The summed E-state index contributed by atoms with van der Waals surface area (Å²) in [5, 5.41) is 6.88. The number of hydrogen-bond donors (Lipinski definition) is 2. The Morgan fingerprint density at radius 1 is 1.00 bits per heavy atom. The summed E-state index contributed by atoms with van der Waals surface area (Å²) in [4.78, 5) is 23.3. The van der Waals surface area contributed by atoms with Crippen molar-refractivity contribution in [2.45, 2.75) is 70.4 Å². The van der Waals surface area contributed by atoms with Crippen LogP contribution in [0.2, 0.25) is 0 Å². The monoisotopic (exact) mass is 549 g/mol. The van der Waals surface area contributed by atoms with Crippen molar-refractivity contribution in [2.75, 3.05) is 62.4 Å². The molecule has 2 amide bonds. The van der Waals surface area contributed by atoms with Crippen molar-refractivity contribution >= 4 is 17.5 Å². The maximum absolute atomic E-state index is 14.2. The van der Waals surface area contributed by atoms with Crippen LogP contribution < -0.4 is 20.4 Å². The van der Waals surface area contributed by atoms with Crippen LogP contribution in [-0.2, 0) is 21.3 Å². The second-order valence-electron chi connectivity index (χ2n) is 12.5. The Morgan fingerprint density at radius 3 is 2.30 bits per heavy atom. The molecule has 2 aromatic rings. The summed E-state index contributed by atoms with van der Waals surface area (Å²) in [5.41, 5.74) is 3.55. The fraction of sp³-hybridized carbons (Fsp3) is 0.625. The van der Waals surface area contributed by atoms with E-state index >= 15 is 0 Å². The predicted molar refractivity (Wildman–Crippen MR) is 160 cm³/mol. The summed E-state index contributed by atoms with van der Waals surface area (Å²) in [6.45, 7) is 13.2. The third kappa shape index (κ3) is 7.33. The molecule has 5 rings (SSSR count). The zero-order valence-corrected chi connectivity index (χ0v) is 24.5. The number of aromatic nitrogens is 1. The fourth-order valence-electron chi connectivity index (χ4n) is 6.13. The maximum atomic E-state index is 14.2. The van der Waals surface area contributed by atoms with Crippen LogP contribution in [0.15, 0.2) is 42.6 Å². The molecule has 1 aromatic heterocycles. The molecule has 8 nitrogen and oxygen atoms in total. The number of nitrogens with one attached hydrogen (secondary N) is 2. The van der Waals surface area contributed by atoms with Gasteiger partial charge in [-0.2, -0.15) is 0 Å². The Balaban J connectivity index is 1.45. The number of carbonyl (C=O) groups is 1. The molecule has 2 N–H and O–H groups in total. The smallest absolute Gasteiger partial charge is 0.322 e. The first-order valence-electron chi connectivity index (χ1n) is 15.1. The van der Waals surface area contributed by atoms with Crippen LogP contribution in [0.3, 0.4) is 0 Å². The summed E-state index contributed by atoms with van der Waals surface area (Å²) in [6, 6.07) is 13.3. The zero-order chi connectivity index (χ0) is 28.0. The first kappa shape index (κ1) is 28.8. The number of pyridine rings is 1. The second-order valence-corrected chi connectivity index (χ2v) is 12.5. The lowest BCUT2D eigenvalue weighted by molar-refractivity contribution is 0.0802. The Morgan fingerprint density at radius 2 is 1.68 bits per heavy atom. The van der Waals surface area contributed by atoms with Gasteiger partial charge in [-0.05, 0) is 79.8 Å². The normalized spacial score (nSPS) is 20.2. The van der Waals surface area contributed by atoms with Gasteiger partial charge in [0.15, 0.2) is 0 Å². The number of benzene rings is 1. The van der Waals surface area contributed by atoms with Gasteiger partial charge in [0.25, 0.3) is 0 Å². The summed E-state index contributed by atoms with van der Waals surface area (Å²) >= 11 is 0. The lowest BCUT2D eigenvalue weighted by Gasteiger charge is -2.40. The number of morpholine rings is 1. The first-order chi connectivity index (χ1) is 19.4. The molecule has 0 saturated carbocycles. The molecule has 40 heavy (non-hydrogen) atoms. The molecule has 3 saturated heterocycles. The molecule has 8 heteroatoms. The van der Waals surface area contributed by atoms with E-state index in [1.165, 1.54) is 11.1 Å². The number of anilines is 2. The molecule has 1 aromatic carbocycles. The molecule has 1 unspecified atom stereocenters. The van der Waals surface area contributed by atoms with Gasteiger partial charge in [0.1, 0.15) is 5.82 Å². The van der Waals surface area contributed by atoms with E-state index in [4.69, 9.17) is 14.5 Å². The number of carbonyl (C=O) groups excluding carboxylic acids is 1. The molecule has 3 aliphatic heterocycles. The summed E-state index contributed by atoms with van der Waals surface area (Å²) < 4.78 is 11.1. The van der Waals surface area contributed by atoms with Crippen molar-refractivity contribution in [1.82, 2.24) is 15.6 Å². The summed E-state index contributed by atoms with van der Waals surface area (Å²) in [7, 11) is 0. The largest absolute Gasteiger partial charge is 0.381 e. The highest BCUT2D eigenvalue weighted by molar-refractivity contribution is 5.93. The van der Waals surface area contributed by atoms with Gasteiger partial charge in [0.2, 0.25) is 0 Å². The van der Waals surface area contributed by atoms with Crippen molar-refractivity contribution in [3.8, 4) is 0 Å². The molecule has 3 aliphatic rings. The fourth-order valence-corrected chi connectivity index (χ4v) is 6.13. The molecule has 0 radical (unpaired) electrons. The second kappa shape index (κ2) is 13.3.